The van der Waals surface area contributed by atoms with Gasteiger partial charge in [0.25, 0.3) is 5.89 Å². The molecular weight excluding hydrogens is 380 g/mol. The average Bonchev–Trinajstić information content (AvgIpc) is 3.42. The Balaban J connectivity index is 1.62. The van der Waals surface area contributed by atoms with Crippen molar-refractivity contribution in [3.8, 4) is 22.7 Å². The van der Waals surface area contributed by atoms with Crippen LogP contribution in [0.2, 0.25) is 0 Å². The van der Waals surface area contributed by atoms with Crippen LogP contribution >= 0.6 is 0 Å². The first-order valence-corrected chi connectivity index (χ1v) is 9.04. The van der Waals surface area contributed by atoms with E-state index in [1.165, 1.54) is 18.2 Å². The van der Waals surface area contributed by atoms with Crippen LogP contribution in [-0.4, -0.2) is 33.7 Å². The lowest BCUT2D eigenvalue weighted by atomic mass is 10.1. The third kappa shape index (κ3) is 3.00. The number of halogens is 2. The minimum Gasteiger partial charge on any atom is -0.403 e. The monoisotopic (exact) mass is 395 g/mol. The third-order valence-electron chi connectivity index (χ3n) is 4.90. The van der Waals surface area contributed by atoms with Gasteiger partial charge in [0.1, 0.15) is 17.7 Å². The van der Waals surface area contributed by atoms with E-state index in [1.807, 2.05) is 0 Å². The molecular formula is C20H15F2N5O2. The van der Waals surface area contributed by atoms with E-state index in [0.717, 1.165) is 0 Å². The highest BCUT2D eigenvalue weighted by atomic mass is 19.1. The van der Waals surface area contributed by atoms with Crippen molar-refractivity contribution < 1.29 is 18.0 Å². The van der Waals surface area contributed by atoms with Gasteiger partial charge in [-0.05, 0) is 42.3 Å². The molecule has 3 heterocycles. The predicted octanol–water partition coefficient (Wildman–Crippen LogP) is 3.46. The van der Waals surface area contributed by atoms with Crippen molar-refractivity contribution in [3.63, 3.8) is 0 Å². The number of carbonyl (C=O) groups is 1. The predicted molar refractivity (Wildman–Crippen MR) is 102 cm³/mol. The number of anilines is 1. The molecule has 0 aliphatic carbocycles. The molecule has 9 heteroatoms. The van der Waals surface area contributed by atoms with Gasteiger partial charge < -0.3 is 20.0 Å². The Morgan fingerprint density at radius 1 is 1.10 bits per heavy atom. The van der Waals surface area contributed by atoms with Crippen LogP contribution < -0.4 is 10.6 Å². The van der Waals surface area contributed by atoms with Gasteiger partial charge in [-0.25, -0.2) is 8.78 Å². The molecule has 1 fully saturated rings. The molecule has 2 aromatic carbocycles. The number of aromatic amines is 1. The largest absolute Gasteiger partial charge is 0.403 e. The lowest BCUT2D eigenvalue weighted by Gasteiger charge is -2.05. The van der Waals surface area contributed by atoms with Crippen molar-refractivity contribution in [1.29, 1.82) is 0 Å². The highest BCUT2D eigenvalue weighted by Crippen LogP contribution is 2.39. The molecule has 7 nitrogen and oxygen atoms in total. The molecule has 1 aliphatic heterocycles. The van der Waals surface area contributed by atoms with Crippen LogP contribution in [0.3, 0.4) is 0 Å². The van der Waals surface area contributed by atoms with Crippen LogP contribution in [-0.2, 0) is 4.79 Å². The van der Waals surface area contributed by atoms with Gasteiger partial charge in [0.05, 0.1) is 16.8 Å². The van der Waals surface area contributed by atoms with Gasteiger partial charge in [0.15, 0.2) is 0 Å². The first kappa shape index (κ1) is 17.4. The molecule has 0 radical (unpaired) electrons. The molecule has 0 saturated carbocycles. The zero-order chi connectivity index (χ0) is 20.0. The summed E-state index contributed by atoms with van der Waals surface area (Å²) in [6.07, 6.45) is 0.607. The van der Waals surface area contributed by atoms with E-state index >= 15 is 0 Å². The molecule has 4 aromatic rings. The van der Waals surface area contributed by atoms with Gasteiger partial charge in [-0.1, -0.05) is 17.2 Å². The zero-order valence-electron chi connectivity index (χ0n) is 15.0. The molecule has 3 N–H and O–H groups in total. The van der Waals surface area contributed by atoms with Gasteiger partial charge in [-0.3, -0.25) is 4.79 Å². The van der Waals surface area contributed by atoms with Crippen LogP contribution in [0.5, 0.6) is 0 Å². The molecule has 29 heavy (non-hydrogen) atoms. The summed E-state index contributed by atoms with van der Waals surface area (Å²) in [7, 11) is 0. The standard InChI is InChI=1S/C20H15F2N5O2/c21-11-6-4-10(5-7-11)16-15(12-2-1-3-13(22)17(12)25-16)19-26-27-20(29-19)24-14-8-9-23-18(14)28/h1-7,14,25H,8-9H2,(H,23,28)(H,24,27)/t14-/m0/s1. The van der Waals surface area contributed by atoms with Crippen molar-refractivity contribution in [2.75, 3.05) is 11.9 Å². The molecule has 2 aromatic heterocycles. The van der Waals surface area contributed by atoms with Crippen molar-refractivity contribution in [1.82, 2.24) is 20.5 Å². The third-order valence-corrected chi connectivity index (χ3v) is 4.90. The molecule has 0 spiro atoms. The van der Waals surface area contributed by atoms with Crippen molar-refractivity contribution >= 4 is 22.8 Å². The Hall–Kier alpha value is -3.75. The minimum absolute atomic E-state index is 0.0952. The number of hydrogen-bond acceptors (Lipinski definition) is 5. The number of H-pyrrole nitrogens is 1. The van der Waals surface area contributed by atoms with Crippen LogP contribution in [0.4, 0.5) is 14.8 Å². The Kier molecular flexibility index (Phi) is 4.01. The van der Waals surface area contributed by atoms with Gasteiger partial charge >= 0.3 is 6.01 Å². The van der Waals surface area contributed by atoms with Crippen LogP contribution in [0, 0.1) is 11.6 Å². The number of para-hydroxylation sites is 1. The summed E-state index contributed by atoms with van der Waals surface area (Å²) in [5.74, 6) is -0.790. The number of amides is 1. The molecule has 0 bridgehead atoms. The number of benzene rings is 2. The van der Waals surface area contributed by atoms with E-state index in [2.05, 4.69) is 25.8 Å². The molecule has 1 aliphatic rings. The highest BCUT2D eigenvalue weighted by Gasteiger charge is 2.27. The van der Waals surface area contributed by atoms with E-state index in [-0.39, 0.29) is 29.1 Å². The van der Waals surface area contributed by atoms with Gasteiger partial charge in [-0.15, -0.1) is 5.10 Å². The quantitative estimate of drug-likeness (QED) is 0.492. The number of fused-ring (bicyclic) bond motifs is 1. The Morgan fingerprint density at radius 3 is 2.69 bits per heavy atom. The molecule has 0 unspecified atom stereocenters. The molecule has 5 rings (SSSR count). The SMILES string of the molecule is O=C1NCC[C@@H]1Nc1nnc(-c2c(-c3ccc(F)cc3)[nH]c3c(F)cccc23)o1. The van der Waals surface area contributed by atoms with Crippen LogP contribution in [0.1, 0.15) is 6.42 Å². The van der Waals surface area contributed by atoms with E-state index in [9.17, 15) is 13.6 Å². The average molecular weight is 395 g/mol. The Bertz CT molecular complexity index is 1220. The Morgan fingerprint density at radius 2 is 1.93 bits per heavy atom. The number of nitrogens with zero attached hydrogens (tertiary/aromatic N) is 2. The zero-order valence-corrected chi connectivity index (χ0v) is 15.0. The maximum Gasteiger partial charge on any atom is 0.316 e. The minimum atomic E-state index is -0.444. The second-order valence-electron chi connectivity index (χ2n) is 6.73. The summed E-state index contributed by atoms with van der Waals surface area (Å²) in [4.78, 5) is 14.8. The maximum atomic E-state index is 14.4. The normalized spacial score (nSPS) is 16.3. The van der Waals surface area contributed by atoms with E-state index in [1.54, 1.807) is 24.3 Å². The summed E-state index contributed by atoms with van der Waals surface area (Å²) < 4.78 is 33.5. The van der Waals surface area contributed by atoms with E-state index < -0.39 is 11.9 Å². The summed E-state index contributed by atoms with van der Waals surface area (Å²) in [5, 5.41) is 14.2. The first-order chi connectivity index (χ1) is 14.1. The fourth-order valence-corrected chi connectivity index (χ4v) is 3.50. The lowest BCUT2D eigenvalue weighted by Crippen LogP contribution is -2.29. The molecule has 1 amide bonds. The summed E-state index contributed by atoms with van der Waals surface area (Å²) in [5.41, 5.74) is 1.95. The van der Waals surface area contributed by atoms with E-state index in [0.29, 0.717) is 35.2 Å². The second-order valence-corrected chi connectivity index (χ2v) is 6.73. The molecule has 1 saturated heterocycles. The maximum absolute atomic E-state index is 14.4. The fraction of sp³-hybridized carbons (Fsp3) is 0.150. The van der Waals surface area contributed by atoms with Crippen molar-refractivity contribution in [3.05, 3.63) is 54.1 Å². The highest BCUT2D eigenvalue weighted by molar-refractivity contribution is 6.02. The number of aromatic nitrogens is 3. The smallest absolute Gasteiger partial charge is 0.316 e. The van der Waals surface area contributed by atoms with Crippen LogP contribution in [0.15, 0.2) is 46.9 Å². The first-order valence-electron chi connectivity index (χ1n) is 9.04. The van der Waals surface area contributed by atoms with Crippen LogP contribution in [0.25, 0.3) is 33.6 Å². The number of rotatable bonds is 4. The summed E-state index contributed by atoms with van der Waals surface area (Å²) in [6.45, 7) is 0.577. The molecule has 1 atom stereocenters. The summed E-state index contributed by atoms with van der Waals surface area (Å²) in [6, 6.07) is 10.1. The van der Waals surface area contributed by atoms with Gasteiger partial charge in [0.2, 0.25) is 5.91 Å². The van der Waals surface area contributed by atoms with Crippen molar-refractivity contribution in [2.24, 2.45) is 0 Å². The topological polar surface area (TPSA) is 95.8 Å². The van der Waals surface area contributed by atoms with Gasteiger partial charge in [-0.2, -0.15) is 0 Å². The second kappa shape index (κ2) is 6.69. The molecule has 146 valence electrons. The van der Waals surface area contributed by atoms with Crippen molar-refractivity contribution in [2.45, 2.75) is 12.5 Å². The number of nitrogens with one attached hydrogen (secondary N) is 3. The number of hydrogen-bond donors (Lipinski definition) is 3. The van der Waals surface area contributed by atoms with E-state index in [4.69, 9.17) is 4.42 Å². The Labute approximate surface area is 163 Å². The number of carbonyl (C=O) groups excluding carboxylic acids is 1. The van der Waals surface area contributed by atoms with Gasteiger partial charge in [0, 0.05) is 11.9 Å². The summed E-state index contributed by atoms with van der Waals surface area (Å²) >= 11 is 0. The fourth-order valence-electron chi connectivity index (χ4n) is 3.50. The lowest BCUT2D eigenvalue weighted by molar-refractivity contribution is -0.119.